The third kappa shape index (κ3) is 47.7. The van der Waals surface area contributed by atoms with Gasteiger partial charge in [-0.3, -0.25) is 14.4 Å². The third-order valence-corrected chi connectivity index (χ3v) is 12.9. The summed E-state index contributed by atoms with van der Waals surface area (Å²) in [5, 5.41) is 0. The van der Waals surface area contributed by atoms with Crippen LogP contribution in [0.3, 0.4) is 0 Å². The molecule has 0 spiro atoms. The SMILES string of the molecule is CCCCCCCCCCCCCCCCCCC(=O)O[C@@H](COC(=O)CCCCCCCCCCCCCCCCC)COC(=O)CCCCCCCCCCC(C)CC. The Morgan fingerprint density at radius 1 is 0.328 bits per heavy atom. The molecule has 0 fully saturated rings. The highest BCUT2D eigenvalue weighted by Gasteiger charge is 2.19. The fraction of sp³-hybridized carbons (Fsp3) is 0.945. The molecule has 0 bridgehead atoms. The monoisotopic (exact) mass is 863 g/mol. The highest BCUT2D eigenvalue weighted by molar-refractivity contribution is 5.71. The van der Waals surface area contributed by atoms with Crippen LogP contribution in [0.1, 0.15) is 310 Å². The molecule has 0 amide bonds. The molecule has 6 heteroatoms. The molecule has 2 atom stereocenters. The average Bonchev–Trinajstić information content (AvgIpc) is 3.26. The highest BCUT2D eigenvalue weighted by Crippen LogP contribution is 2.18. The van der Waals surface area contributed by atoms with Gasteiger partial charge in [0.25, 0.3) is 0 Å². The Kier molecular flexibility index (Phi) is 48.1. The summed E-state index contributed by atoms with van der Waals surface area (Å²) in [6.45, 7) is 9.05. The Labute approximate surface area is 380 Å². The molecule has 0 aliphatic carbocycles. The number of esters is 3. The molecule has 0 radical (unpaired) electrons. The molecule has 1 unspecified atom stereocenters. The normalized spacial score (nSPS) is 12.4. The van der Waals surface area contributed by atoms with Crippen LogP contribution in [0.5, 0.6) is 0 Å². The van der Waals surface area contributed by atoms with E-state index in [1.807, 2.05) is 0 Å². The number of carbonyl (C=O) groups is 3. The smallest absolute Gasteiger partial charge is 0.306 e. The van der Waals surface area contributed by atoms with Crippen molar-refractivity contribution < 1.29 is 28.6 Å². The summed E-state index contributed by atoms with van der Waals surface area (Å²) in [4.78, 5) is 38.0. The van der Waals surface area contributed by atoms with Gasteiger partial charge in [-0.05, 0) is 25.2 Å². The highest BCUT2D eigenvalue weighted by atomic mass is 16.6. The lowest BCUT2D eigenvalue weighted by Crippen LogP contribution is -2.30. The molecule has 61 heavy (non-hydrogen) atoms. The average molecular weight is 863 g/mol. The number of hydrogen-bond acceptors (Lipinski definition) is 6. The van der Waals surface area contributed by atoms with E-state index < -0.39 is 6.10 Å². The number of unbranched alkanes of at least 4 members (excludes halogenated alkanes) is 36. The van der Waals surface area contributed by atoms with Gasteiger partial charge < -0.3 is 14.2 Å². The van der Waals surface area contributed by atoms with Crippen LogP contribution in [0.2, 0.25) is 0 Å². The Hall–Kier alpha value is -1.59. The molecule has 0 rings (SSSR count). The molecular weight excluding hydrogens is 757 g/mol. The van der Waals surface area contributed by atoms with Gasteiger partial charge in [0, 0.05) is 19.3 Å². The molecule has 0 saturated carbocycles. The van der Waals surface area contributed by atoms with E-state index in [1.165, 1.54) is 205 Å². The molecule has 0 aliphatic heterocycles. The van der Waals surface area contributed by atoms with E-state index in [2.05, 4.69) is 27.7 Å². The second kappa shape index (κ2) is 49.4. The summed E-state index contributed by atoms with van der Waals surface area (Å²) in [6, 6.07) is 0. The lowest BCUT2D eigenvalue weighted by molar-refractivity contribution is -0.167. The van der Waals surface area contributed by atoms with Gasteiger partial charge in [0.1, 0.15) is 13.2 Å². The minimum atomic E-state index is -0.761. The standard InChI is InChI=1S/C55H106O6/c1-5-8-10-12-14-16-18-20-22-24-26-28-30-36-40-44-48-55(58)61-52(50-60-54(57)47-43-39-35-32-31-33-37-41-45-51(4)7-3)49-59-53(56)46-42-38-34-29-27-25-23-21-19-17-15-13-11-9-6-2/h51-52H,5-50H2,1-4H3/t51?,52-/m0/s1. The summed E-state index contributed by atoms with van der Waals surface area (Å²) in [7, 11) is 0. The second-order valence-corrected chi connectivity index (χ2v) is 19.1. The van der Waals surface area contributed by atoms with Crippen molar-refractivity contribution in [2.45, 2.75) is 316 Å². The van der Waals surface area contributed by atoms with Gasteiger partial charge in [0.05, 0.1) is 0 Å². The zero-order valence-electron chi connectivity index (χ0n) is 41.6. The molecule has 0 heterocycles. The molecule has 0 aromatic carbocycles. The first-order valence-corrected chi connectivity index (χ1v) is 27.4. The van der Waals surface area contributed by atoms with Crippen LogP contribution < -0.4 is 0 Å². The van der Waals surface area contributed by atoms with Crippen molar-refractivity contribution in [2.24, 2.45) is 5.92 Å². The minimum Gasteiger partial charge on any atom is -0.462 e. The molecule has 0 aromatic rings. The van der Waals surface area contributed by atoms with Crippen molar-refractivity contribution in [2.75, 3.05) is 13.2 Å². The Morgan fingerprint density at radius 2 is 0.574 bits per heavy atom. The fourth-order valence-corrected chi connectivity index (χ4v) is 8.36. The molecule has 0 N–H and O–H groups in total. The largest absolute Gasteiger partial charge is 0.462 e. The van der Waals surface area contributed by atoms with E-state index in [0.717, 1.165) is 63.7 Å². The zero-order chi connectivity index (χ0) is 44.5. The molecule has 0 aliphatic rings. The Bertz CT molecular complexity index is 920. The van der Waals surface area contributed by atoms with Gasteiger partial charge in [-0.15, -0.1) is 0 Å². The predicted molar refractivity (Wildman–Crippen MR) is 261 cm³/mol. The maximum Gasteiger partial charge on any atom is 0.306 e. The summed E-state index contributed by atoms with van der Waals surface area (Å²) in [6.07, 6.45) is 52.2. The maximum atomic E-state index is 12.8. The maximum absolute atomic E-state index is 12.8. The molecule has 6 nitrogen and oxygen atoms in total. The molecule has 0 aromatic heterocycles. The van der Waals surface area contributed by atoms with Crippen LogP contribution in [-0.2, 0) is 28.6 Å². The summed E-state index contributed by atoms with van der Waals surface area (Å²) >= 11 is 0. The van der Waals surface area contributed by atoms with Crippen LogP contribution >= 0.6 is 0 Å². The van der Waals surface area contributed by atoms with Gasteiger partial charge in [0.15, 0.2) is 6.10 Å². The van der Waals surface area contributed by atoms with Crippen LogP contribution in [0.25, 0.3) is 0 Å². The first-order valence-electron chi connectivity index (χ1n) is 27.4. The van der Waals surface area contributed by atoms with Crippen molar-refractivity contribution in [3.8, 4) is 0 Å². The number of carbonyl (C=O) groups excluding carboxylic acids is 3. The van der Waals surface area contributed by atoms with Crippen molar-refractivity contribution >= 4 is 17.9 Å². The predicted octanol–water partition coefficient (Wildman–Crippen LogP) is 17.8. The third-order valence-electron chi connectivity index (χ3n) is 12.9. The van der Waals surface area contributed by atoms with Crippen LogP contribution in [0.15, 0.2) is 0 Å². The Balaban J connectivity index is 4.30. The first-order chi connectivity index (χ1) is 29.9. The van der Waals surface area contributed by atoms with Crippen molar-refractivity contribution in [1.82, 2.24) is 0 Å². The van der Waals surface area contributed by atoms with E-state index in [9.17, 15) is 14.4 Å². The summed E-state index contributed by atoms with van der Waals surface area (Å²) in [5.74, 6) is 0.00681. The second-order valence-electron chi connectivity index (χ2n) is 19.1. The Morgan fingerprint density at radius 3 is 0.852 bits per heavy atom. The molecule has 0 saturated heterocycles. The van der Waals surface area contributed by atoms with Gasteiger partial charge >= 0.3 is 17.9 Å². The van der Waals surface area contributed by atoms with E-state index in [0.29, 0.717) is 19.3 Å². The van der Waals surface area contributed by atoms with Crippen molar-refractivity contribution in [3.63, 3.8) is 0 Å². The van der Waals surface area contributed by atoms with E-state index in [4.69, 9.17) is 14.2 Å². The van der Waals surface area contributed by atoms with Gasteiger partial charge in [-0.1, -0.05) is 272 Å². The van der Waals surface area contributed by atoms with E-state index in [1.54, 1.807) is 0 Å². The quantitative estimate of drug-likeness (QED) is 0.0344. The number of rotatable bonds is 50. The number of hydrogen-bond donors (Lipinski definition) is 0. The summed E-state index contributed by atoms with van der Waals surface area (Å²) in [5.41, 5.74) is 0. The topological polar surface area (TPSA) is 78.9 Å². The number of ether oxygens (including phenoxy) is 3. The molecule has 362 valence electrons. The lowest BCUT2D eigenvalue weighted by Gasteiger charge is -2.18. The van der Waals surface area contributed by atoms with Crippen LogP contribution in [0, 0.1) is 5.92 Å². The zero-order valence-corrected chi connectivity index (χ0v) is 41.6. The fourth-order valence-electron chi connectivity index (χ4n) is 8.36. The minimum absolute atomic E-state index is 0.0626. The summed E-state index contributed by atoms with van der Waals surface area (Å²) < 4.78 is 16.8. The van der Waals surface area contributed by atoms with Crippen molar-refractivity contribution in [1.29, 1.82) is 0 Å². The van der Waals surface area contributed by atoms with E-state index in [-0.39, 0.29) is 31.1 Å². The van der Waals surface area contributed by atoms with Crippen LogP contribution in [-0.4, -0.2) is 37.2 Å². The van der Waals surface area contributed by atoms with Gasteiger partial charge in [0.2, 0.25) is 0 Å². The van der Waals surface area contributed by atoms with Crippen molar-refractivity contribution in [3.05, 3.63) is 0 Å². The van der Waals surface area contributed by atoms with Gasteiger partial charge in [-0.25, -0.2) is 0 Å². The van der Waals surface area contributed by atoms with E-state index >= 15 is 0 Å². The van der Waals surface area contributed by atoms with Gasteiger partial charge in [-0.2, -0.15) is 0 Å². The van der Waals surface area contributed by atoms with Crippen LogP contribution in [0.4, 0.5) is 0 Å². The first kappa shape index (κ1) is 59.4. The molecular formula is C55H106O6. The lowest BCUT2D eigenvalue weighted by atomic mass is 9.99.